The number of carbonyl (C=O) groups excluding carboxylic acids is 2. The number of aliphatic hydroxyl groups is 1. The molecule has 16 heavy (non-hydrogen) atoms. The van der Waals surface area contributed by atoms with Gasteiger partial charge in [0.25, 0.3) is 0 Å². The molecule has 1 saturated heterocycles. The number of anilines is 1. The number of aromatic amines is 1. The zero-order valence-electron chi connectivity index (χ0n) is 8.64. The third kappa shape index (κ3) is 1.76. The first-order valence-corrected chi connectivity index (χ1v) is 4.74. The van der Waals surface area contributed by atoms with Gasteiger partial charge in [0.15, 0.2) is 5.82 Å². The average molecular weight is 225 g/mol. The highest BCUT2D eigenvalue weighted by Crippen LogP contribution is 2.20. The number of methoxy groups -OCH3 is 1. The number of nitrogens with one attached hydrogen (secondary N) is 1. The van der Waals surface area contributed by atoms with Crippen LogP contribution < -0.4 is 4.90 Å². The number of H-pyrrole nitrogens is 1. The molecule has 7 heteroatoms. The van der Waals surface area contributed by atoms with Gasteiger partial charge in [0, 0.05) is 6.07 Å². The van der Waals surface area contributed by atoms with Gasteiger partial charge in [-0.3, -0.25) is 14.8 Å². The average Bonchev–Trinajstić information content (AvgIpc) is 2.83. The maximum atomic E-state index is 11.4. The third-order valence-corrected chi connectivity index (χ3v) is 2.35. The molecule has 2 N–H and O–H groups in total. The molecule has 2 heterocycles. The number of amides is 1. The fourth-order valence-electron chi connectivity index (χ4n) is 1.57. The smallest absolute Gasteiger partial charge is 0.356 e. The fraction of sp³-hybridized carbons (Fsp3) is 0.444. The molecule has 1 aromatic heterocycles. The number of aromatic nitrogens is 2. The number of hydrogen-bond acceptors (Lipinski definition) is 5. The lowest BCUT2D eigenvalue weighted by molar-refractivity contribution is -0.117. The summed E-state index contributed by atoms with van der Waals surface area (Å²) in [6.07, 6.45) is -0.591. The van der Waals surface area contributed by atoms with Gasteiger partial charge in [-0.1, -0.05) is 0 Å². The summed E-state index contributed by atoms with van der Waals surface area (Å²) in [6, 6.07) is 1.42. The summed E-state index contributed by atoms with van der Waals surface area (Å²) < 4.78 is 4.50. The maximum absolute atomic E-state index is 11.4. The minimum atomic E-state index is -0.675. The zero-order valence-corrected chi connectivity index (χ0v) is 8.64. The Bertz CT molecular complexity index is 428. The molecule has 0 aliphatic carbocycles. The number of β-amino-alcohol motifs (C(OH)–C–C–N with tert-alkyl or cyclic N) is 1. The van der Waals surface area contributed by atoms with E-state index < -0.39 is 12.1 Å². The lowest BCUT2D eigenvalue weighted by atomic mass is 10.3. The number of hydrogen-bond donors (Lipinski definition) is 2. The molecular weight excluding hydrogens is 214 g/mol. The van der Waals surface area contributed by atoms with Crippen molar-refractivity contribution < 1.29 is 19.4 Å². The van der Waals surface area contributed by atoms with Crippen LogP contribution in [-0.2, 0) is 9.53 Å². The van der Waals surface area contributed by atoms with Crippen LogP contribution >= 0.6 is 0 Å². The lowest BCUT2D eigenvalue weighted by Gasteiger charge is -2.10. The highest BCUT2D eigenvalue weighted by molar-refractivity contribution is 5.96. The van der Waals surface area contributed by atoms with Crippen LogP contribution in [0.25, 0.3) is 0 Å². The van der Waals surface area contributed by atoms with Crippen molar-refractivity contribution in [2.24, 2.45) is 0 Å². The second kappa shape index (κ2) is 3.93. The summed E-state index contributed by atoms with van der Waals surface area (Å²) in [5, 5.41) is 15.6. The van der Waals surface area contributed by atoms with Gasteiger partial charge in [0.05, 0.1) is 26.2 Å². The molecule has 0 radical (unpaired) electrons. The van der Waals surface area contributed by atoms with E-state index in [4.69, 9.17) is 0 Å². The minimum Gasteiger partial charge on any atom is -0.464 e. The lowest BCUT2D eigenvalue weighted by Crippen LogP contribution is -2.25. The normalized spacial score (nSPS) is 20.2. The van der Waals surface area contributed by atoms with E-state index in [-0.39, 0.29) is 24.6 Å². The number of ether oxygens (including phenoxy) is 1. The first-order chi connectivity index (χ1) is 7.61. The molecule has 1 aromatic rings. The van der Waals surface area contributed by atoms with Crippen LogP contribution in [0, 0.1) is 0 Å². The highest BCUT2D eigenvalue weighted by Gasteiger charge is 2.31. The van der Waals surface area contributed by atoms with Crippen LogP contribution in [0.2, 0.25) is 0 Å². The van der Waals surface area contributed by atoms with Crippen molar-refractivity contribution in [2.45, 2.75) is 12.5 Å². The number of esters is 1. The minimum absolute atomic E-state index is 0.0837. The van der Waals surface area contributed by atoms with Gasteiger partial charge in [0.2, 0.25) is 5.91 Å². The second-order valence-corrected chi connectivity index (χ2v) is 3.49. The van der Waals surface area contributed by atoms with E-state index in [1.807, 2.05) is 0 Å². The van der Waals surface area contributed by atoms with Gasteiger partial charge in [-0.05, 0) is 0 Å². The van der Waals surface area contributed by atoms with Gasteiger partial charge in [-0.2, -0.15) is 5.10 Å². The Morgan fingerprint density at radius 1 is 1.75 bits per heavy atom. The molecule has 0 bridgehead atoms. The Balaban J connectivity index is 2.19. The Hall–Kier alpha value is -1.89. The number of aliphatic hydroxyl groups excluding tert-OH is 1. The molecule has 2 rings (SSSR count). The Morgan fingerprint density at radius 3 is 3.06 bits per heavy atom. The predicted molar refractivity (Wildman–Crippen MR) is 52.9 cm³/mol. The van der Waals surface area contributed by atoms with Crippen LogP contribution in [0.15, 0.2) is 6.07 Å². The van der Waals surface area contributed by atoms with Gasteiger partial charge in [0.1, 0.15) is 5.69 Å². The van der Waals surface area contributed by atoms with Crippen molar-refractivity contribution in [3.8, 4) is 0 Å². The first kappa shape index (κ1) is 10.6. The summed E-state index contributed by atoms with van der Waals surface area (Å²) >= 11 is 0. The molecule has 0 saturated carbocycles. The first-order valence-electron chi connectivity index (χ1n) is 4.74. The van der Waals surface area contributed by atoms with Crippen molar-refractivity contribution in [2.75, 3.05) is 18.6 Å². The summed E-state index contributed by atoms with van der Waals surface area (Å²) in [5.41, 5.74) is 0.173. The van der Waals surface area contributed by atoms with Crippen LogP contribution in [0.4, 0.5) is 5.82 Å². The summed E-state index contributed by atoms with van der Waals surface area (Å²) in [4.78, 5) is 23.9. The van der Waals surface area contributed by atoms with Gasteiger partial charge >= 0.3 is 5.97 Å². The van der Waals surface area contributed by atoms with E-state index in [9.17, 15) is 14.7 Å². The Morgan fingerprint density at radius 2 is 2.50 bits per heavy atom. The summed E-state index contributed by atoms with van der Waals surface area (Å²) in [5.74, 6) is -0.441. The van der Waals surface area contributed by atoms with Crippen LogP contribution in [0.3, 0.4) is 0 Å². The molecular formula is C9H11N3O4. The Kier molecular flexibility index (Phi) is 2.61. The van der Waals surface area contributed by atoms with Crippen molar-refractivity contribution >= 4 is 17.7 Å². The largest absolute Gasteiger partial charge is 0.464 e. The second-order valence-electron chi connectivity index (χ2n) is 3.49. The molecule has 1 aliphatic heterocycles. The fourth-order valence-corrected chi connectivity index (χ4v) is 1.57. The van der Waals surface area contributed by atoms with E-state index in [0.29, 0.717) is 5.82 Å². The van der Waals surface area contributed by atoms with E-state index in [0.717, 1.165) is 0 Å². The Labute approximate surface area is 91.0 Å². The summed E-state index contributed by atoms with van der Waals surface area (Å²) in [7, 11) is 1.26. The molecule has 1 fully saturated rings. The number of nitrogens with zero attached hydrogens (tertiary/aromatic N) is 2. The van der Waals surface area contributed by atoms with Crippen molar-refractivity contribution in [1.29, 1.82) is 0 Å². The van der Waals surface area contributed by atoms with Crippen molar-refractivity contribution in [1.82, 2.24) is 10.2 Å². The molecule has 0 aromatic carbocycles. The third-order valence-electron chi connectivity index (χ3n) is 2.35. The topological polar surface area (TPSA) is 95.5 Å². The molecule has 1 amide bonds. The molecule has 1 atom stereocenters. The maximum Gasteiger partial charge on any atom is 0.356 e. The predicted octanol–water partition coefficient (Wildman–Crippen LogP) is -0.706. The van der Waals surface area contributed by atoms with Crippen LogP contribution in [-0.4, -0.2) is 46.9 Å². The van der Waals surface area contributed by atoms with E-state index in [1.165, 1.54) is 18.1 Å². The molecule has 1 aliphatic rings. The molecule has 86 valence electrons. The quantitative estimate of drug-likeness (QED) is 0.648. The van der Waals surface area contributed by atoms with E-state index >= 15 is 0 Å². The van der Waals surface area contributed by atoms with Crippen molar-refractivity contribution in [3.63, 3.8) is 0 Å². The van der Waals surface area contributed by atoms with Gasteiger partial charge in [-0.25, -0.2) is 4.79 Å². The van der Waals surface area contributed by atoms with Crippen molar-refractivity contribution in [3.05, 3.63) is 11.8 Å². The molecule has 1 unspecified atom stereocenters. The van der Waals surface area contributed by atoms with Crippen LogP contribution in [0.5, 0.6) is 0 Å². The van der Waals surface area contributed by atoms with E-state index in [1.54, 1.807) is 0 Å². The standard InChI is InChI=1S/C9H11N3O4/c1-16-9(15)6-3-7(11-10-6)12-4-5(13)2-8(12)14/h3,5,13H,2,4H2,1H3,(H,10,11). The molecule has 0 spiro atoms. The SMILES string of the molecule is COC(=O)c1cc(N2CC(O)CC2=O)n[nH]1. The monoisotopic (exact) mass is 225 g/mol. The van der Waals surface area contributed by atoms with Crippen LogP contribution in [0.1, 0.15) is 16.9 Å². The van der Waals surface area contributed by atoms with Gasteiger partial charge in [-0.15, -0.1) is 0 Å². The molecule has 7 nitrogen and oxygen atoms in total. The summed E-state index contributed by atoms with van der Waals surface area (Å²) in [6.45, 7) is 0.199. The zero-order chi connectivity index (χ0) is 11.7. The number of carbonyl (C=O) groups is 2. The van der Waals surface area contributed by atoms with E-state index in [2.05, 4.69) is 14.9 Å². The van der Waals surface area contributed by atoms with Gasteiger partial charge < -0.3 is 9.84 Å². The highest BCUT2D eigenvalue weighted by atomic mass is 16.5. The number of rotatable bonds is 2.